The van der Waals surface area contributed by atoms with Gasteiger partial charge >= 0.3 is 0 Å². The number of terminal acetylenes is 1. The van der Waals surface area contributed by atoms with Crippen LogP contribution in [0.25, 0.3) is 11.3 Å². The quantitative estimate of drug-likeness (QED) is 0.706. The highest BCUT2D eigenvalue weighted by atomic mass is 16.1. The first-order valence-electron chi connectivity index (χ1n) is 5.49. The van der Waals surface area contributed by atoms with Crippen molar-refractivity contribution in [1.82, 2.24) is 9.97 Å². The smallest absolute Gasteiger partial charge is 0.228 e. The van der Waals surface area contributed by atoms with Crippen molar-refractivity contribution in [2.75, 3.05) is 5.32 Å². The van der Waals surface area contributed by atoms with Crippen LogP contribution in [0.15, 0.2) is 30.5 Å². The predicted octanol–water partition coefficient (Wildman–Crippen LogP) is 1.62. The molecule has 86 valence electrons. The summed E-state index contributed by atoms with van der Waals surface area (Å²) in [4.78, 5) is 20.1. The summed E-state index contributed by atoms with van der Waals surface area (Å²) in [5.74, 6) is 2.67. The molecule has 0 bridgehead atoms. The Labute approximate surface area is 104 Å². The molecular weight excluding hydrogens is 226 g/mol. The van der Waals surface area contributed by atoms with Crippen LogP contribution in [-0.4, -0.2) is 15.9 Å². The fraction of sp³-hybridized carbons (Fsp3) is 0.0714. The van der Waals surface area contributed by atoms with E-state index >= 15 is 0 Å². The summed E-state index contributed by atoms with van der Waals surface area (Å²) in [7, 11) is 0. The summed E-state index contributed by atoms with van der Waals surface area (Å²) in [5, 5.41) is 2.85. The van der Waals surface area contributed by atoms with Crippen LogP contribution >= 0.6 is 0 Å². The van der Waals surface area contributed by atoms with Crippen molar-refractivity contribution < 1.29 is 4.79 Å². The Bertz CT molecular complexity index is 686. The van der Waals surface area contributed by atoms with E-state index < -0.39 is 0 Å². The Morgan fingerprint density at radius 3 is 3.00 bits per heavy atom. The molecule has 0 unspecified atom stereocenters. The van der Waals surface area contributed by atoms with Gasteiger partial charge in [-0.1, -0.05) is 18.2 Å². The minimum absolute atomic E-state index is 0.0711. The highest BCUT2D eigenvalue weighted by Crippen LogP contribution is 2.31. The van der Waals surface area contributed by atoms with Crippen LogP contribution in [0, 0.1) is 12.3 Å². The molecule has 2 heterocycles. The second kappa shape index (κ2) is 3.97. The van der Waals surface area contributed by atoms with Gasteiger partial charge in [0.05, 0.1) is 17.8 Å². The van der Waals surface area contributed by atoms with E-state index in [-0.39, 0.29) is 12.3 Å². The first-order chi connectivity index (χ1) is 8.78. The van der Waals surface area contributed by atoms with Crippen LogP contribution < -0.4 is 5.32 Å². The molecule has 2 aromatic rings. The third kappa shape index (κ3) is 1.62. The van der Waals surface area contributed by atoms with Gasteiger partial charge in [0.2, 0.25) is 11.7 Å². The van der Waals surface area contributed by atoms with Crippen molar-refractivity contribution in [2.24, 2.45) is 0 Å². The molecule has 0 fully saturated rings. The van der Waals surface area contributed by atoms with E-state index in [1.165, 1.54) is 0 Å². The van der Waals surface area contributed by atoms with Gasteiger partial charge in [-0.05, 0) is 12.0 Å². The molecular formula is C14H9N3O. The number of aromatic nitrogens is 2. The summed E-state index contributed by atoms with van der Waals surface area (Å²) < 4.78 is 0. The average Bonchev–Trinajstić information content (AvgIpc) is 2.53. The molecule has 0 spiro atoms. The zero-order valence-corrected chi connectivity index (χ0v) is 9.47. The van der Waals surface area contributed by atoms with Crippen LogP contribution in [0.3, 0.4) is 0 Å². The molecule has 1 aliphatic rings. The normalized spacial score (nSPS) is 12.7. The molecule has 1 amide bonds. The van der Waals surface area contributed by atoms with Crippen molar-refractivity contribution in [3.05, 3.63) is 41.9 Å². The van der Waals surface area contributed by atoms with Gasteiger partial charge in [0, 0.05) is 17.3 Å². The number of hydrogen-bond donors (Lipinski definition) is 1. The largest absolute Gasteiger partial charge is 0.325 e. The molecule has 4 nitrogen and oxygen atoms in total. The standard InChI is InChI=1S/C14H9N3O/c1-2-12-15-8-9-7-13(18)16-11-6-4-3-5-10(11)14(9)17-12/h1,3-6,8H,7H2,(H,16,18). The highest BCUT2D eigenvalue weighted by Gasteiger charge is 2.20. The summed E-state index contributed by atoms with van der Waals surface area (Å²) >= 11 is 0. The lowest BCUT2D eigenvalue weighted by molar-refractivity contribution is -0.115. The maximum atomic E-state index is 11.8. The number of anilines is 1. The van der Waals surface area contributed by atoms with Gasteiger partial charge in [0.15, 0.2) is 0 Å². The molecule has 1 aliphatic heterocycles. The summed E-state index contributed by atoms with van der Waals surface area (Å²) in [6.07, 6.45) is 7.19. The third-order valence-electron chi connectivity index (χ3n) is 2.80. The van der Waals surface area contributed by atoms with Gasteiger partial charge in [-0.2, -0.15) is 0 Å². The van der Waals surface area contributed by atoms with Crippen molar-refractivity contribution in [3.63, 3.8) is 0 Å². The molecule has 1 aromatic carbocycles. The average molecular weight is 235 g/mol. The molecule has 1 N–H and O–H groups in total. The molecule has 0 radical (unpaired) electrons. The second-order valence-electron chi connectivity index (χ2n) is 3.98. The SMILES string of the molecule is C#Cc1ncc2c(n1)-c1ccccc1NC(=O)C2. The minimum atomic E-state index is -0.0711. The number of nitrogens with zero attached hydrogens (tertiary/aromatic N) is 2. The van der Waals surface area contributed by atoms with E-state index in [0.717, 1.165) is 22.5 Å². The van der Waals surface area contributed by atoms with E-state index in [0.29, 0.717) is 5.82 Å². The lowest BCUT2D eigenvalue weighted by atomic mass is 10.1. The molecule has 0 atom stereocenters. The zero-order valence-electron chi connectivity index (χ0n) is 9.47. The van der Waals surface area contributed by atoms with Crippen LogP contribution in [0.4, 0.5) is 5.69 Å². The van der Waals surface area contributed by atoms with E-state index in [9.17, 15) is 4.79 Å². The molecule has 0 aliphatic carbocycles. The van der Waals surface area contributed by atoms with E-state index in [2.05, 4.69) is 21.2 Å². The Morgan fingerprint density at radius 1 is 1.33 bits per heavy atom. The number of fused-ring (bicyclic) bond motifs is 3. The Morgan fingerprint density at radius 2 is 2.17 bits per heavy atom. The van der Waals surface area contributed by atoms with Crippen molar-refractivity contribution in [1.29, 1.82) is 0 Å². The van der Waals surface area contributed by atoms with Crippen molar-refractivity contribution in [2.45, 2.75) is 6.42 Å². The van der Waals surface area contributed by atoms with Gasteiger partial charge in [0.1, 0.15) is 0 Å². The first kappa shape index (κ1) is 10.5. The Hall–Kier alpha value is -2.67. The second-order valence-corrected chi connectivity index (χ2v) is 3.98. The van der Waals surface area contributed by atoms with Crippen LogP contribution in [0.1, 0.15) is 11.4 Å². The van der Waals surface area contributed by atoms with Gasteiger partial charge in [-0.15, -0.1) is 6.42 Å². The molecule has 0 saturated carbocycles. The van der Waals surface area contributed by atoms with Gasteiger partial charge in [0.25, 0.3) is 0 Å². The lowest BCUT2D eigenvalue weighted by Gasteiger charge is -2.07. The van der Waals surface area contributed by atoms with E-state index in [1.54, 1.807) is 6.20 Å². The third-order valence-corrected chi connectivity index (χ3v) is 2.80. The Kier molecular flexibility index (Phi) is 2.31. The zero-order chi connectivity index (χ0) is 12.5. The maximum absolute atomic E-state index is 11.8. The van der Waals surface area contributed by atoms with E-state index in [4.69, 9.17) is 6.42 Å². The van der Waals surface area contributed by atoms with Crippen LogP contribution in [-0.2, 0) is 11.2 Å². The highest BCUT2D eigenvalue weighted by molar-refractivity contribution is 5.99. The van der Waals surface area contributed by atoms with Crippen LogP contribution in [0.2, 0.25) is 0 Å². The fourth-order valence-electron chi connectivity index (χ4n) is 2.00. The van der Waals surface area contributed by atoms with Crippen molar-refractivity contribution >= 4 is 11.6 Å². The summed E-state index contributed by atoms with van der Waals surface area (Å²) in [5.41, 5.74) is 3.14. The number of carbonyl (C=O) groups excluding carboxylic acids is 1. The number of benzene rings is 1. The van der Waals surface area contributed by atoms with E-state index in [1.807, 2.05) is 24.3 Å². The monoisotopic (exact) mass is 235 g/mol. The molecule has 4 heteroatoms. The minimum Gasteiger partial charge on any atom is -0.325 e. The Balaban J connectivity index is 2.30. The number of nitrogens with one attached hydrogen (secondary N) is 1. The number of carbonyl (C=O) groups is 1. The van der Waals surface area contributed by atoms with Gasteiger partial charge in [-0.3, -0.25) is 4.79 Å². The molecule has 3 rings (SSSR count). The van der Waals surface area contributed by atoms with Crippen LogP contribution in [0.5, 0.6) is 0 Å². The maximum Gasteiger partial charge on any atom is 0.228 e. The number of hydrogen-bond acceptors (Lipinski definition) is 3. The van der Waals surface area contributed by atoms with Gasteiger partial charge in [-0.25, -0.2) is 9.97 Å². The number of rotatable bonds is 0. The molecule has 18 heavy (non-hydrogen) atoms. The summed E-state index contributed by atoms with van der Waals surface area (Å²) in [6, 6.07) is 7.53. The fourth-order valence-corrected chi connectivity index (χ4v) is 2.00. The van der Waals surface area contributed by atoms with Gasteiger partial charge < -0.3 is 5.32 Å². The predicted molar refractivity (Wildman–Crippen MR) is 67.7 cm³/mol. The molecule has 1 aromatic heterocycles. The molecule has 0 saturated heterocycles. The lowest BCUT2D eigenvalue weighted by Crippen LogP contribution is -2.12. The number of para-hydroxylation sites is 1. The topological polar surface area (TPSA) is 54.9 Å². The number of amides is 1. The van der Waals surface area contributed by atoms with Crippen molar-refractivity contribution in [3.8, 4) is 23.6 Å². The first-order valence-corrected chi connectivity index (χ1v) is 5.49. The summed E-state index contributed by atoms with van der Waals surface area (Å²) in [6.45, 7) is 0.